The van der Waals surface area contributed by atoms with Crippen molar-refractivity contribution < 1.29 is 9.90 Å². The summed E-state index contributed by atoms with van der Waals surface area (Å²) in [4.78, 5) is 11.3. The average molecular weight is 299 g/mol. The van der Waals surface area contributed by atoms with Gasteiger partial charge in [-0.3, -0.25) is 4.79 Å². The molecule has 3 heteroatoms. The number of benzene rings is 2. The number of carbonyl (C=O) groups is 1. The van der Waals surface area contributed by atoms with Crippen LogP contribution in [0.3, 0.4) is 0 Å². The lowest BCUT2D eigenvalue weighted by atomic mass is 9.94. The number of halogens is 1. The summed E-state index contributed by atoms with van der Waals surface area (Å²) in [6, 6.07) is 15.0. The predicted octanol–water partition coefficient (Wildman–Crippen LogP) is 4.59. The van der Waals surface area contributed by atoms with Crippen LogP contribution in [0, 0.1) is 11.8 Å². The Morgan fingerprint density at radius 2 is 1.86 bits per heavy atom. The molecule has 0 aliphatic heterocycles. The van der Waals surface area contributed by atoms with Crippen molar-refractivity contribution in [2.45, 2.75) is 19.3 Å². The Hall–Kier alpha value is -2.24. The van der Waals surface area contributed by atoms with Crippen molar-refractivity contribution in [1.29, 1.82) is 0 Å². The van der Waals surface area contributed by atoms with Crippen molar-refractivity contribution >= 4 is 17.6 Å². The van der Waals surface area contributed by atoms with Gasteiger partial charge >= 0.3 is 5.97 Å². The van der Waals surface area contributed by atoms with Gasteiger partial charge in [-0.1, -0.05) is 54.1 Å². The van der Waals surface area contributed by atoms with E-state index in [1.807, 2.05) is 48.5 Å². The Kier molecular flexibility index (Phi) is 5.03. The molecular formula is C18H15ClO2. The van der Waals surface area contributed by atoms with E-state index in [1.165, 1.54) is 0 Å². The molecular weight excluding hydrogens is 284 g/mol. The average Bonchev–Trinajstić information content (AvgIpc) is 2.49. The van der Waals surface area contributed by atoms with E-state index < -0.39 is 11.9 Å². The van der Waals surface area contributed by atoms with Crippen LogP contribution in [0.15, 0.2) is 48.5 Å². The van der Waals surface area contributed by atoms with Gasteiger partial charge in [0, 0.05) is 17.0 Å². The minimum absolute atomic E-state index is 0.317. The molecule has 1 N–H and O–H groups in total. The van der Waals surface area contributed by atoms with Crippen LogP contribution in [-0.4, -0.2) is 11.1 Å². The highest BCUT2D eigenvalue weighted by molar-refractivity contribution is 6.33. The van der Waals surface area contributed by atoms with Gasteiger partial charge < -0.3 is 5.11 Å². The summed E-state index contributed by atoms with van der Waals surface area (Å²) < 4.78 is 0. The molecule has 0 aliphatic rings. The van der Waals surface area contributed by atoms with Crippen LogP contribution in [0.1, 0.15) is 24.8 Å². The van der Waals surface area contributed by atoms with Crippen molar-refractivity contribution in [2.75, 3.05) is 0 Å². The fraction of sp³-hybridized carbons (Fsp3) is 0.167. The van der Waals surface area contributed by atoms with Crippen LogP contribution in [0.25, 0.3) is 11.1 Å². The molecule has 0 fully saturated rings. The first-order valence-corrected chi connectivity index (χ1v) is 6.98. The first-order chi connectivity index (χ1) is 10.1. The largest absolute Gasteiger partial charge is 0.481 e. The van der Waals surface area contributed by atoms with E-state index in [9.17, 15) is 9.90 Å². The molecule has 0 aromatic heterocycles. The van der Waals surface area contributed by atoms with Crippen LogP contribution >= 0.6 is 11.6 Å². The first kappa shape index (κ1) is 15.2. The summed E-state index contributed by atoms with van der Waals surface area (Å²) in [5.41, 5.74) is 2.65. The SMILES string of the molecule is CC#CCC(C(=O)O)c1ccc(-c2ccccc2Cl)cc1. The summed E-state index contributed by atoms with van der Waals surface area (Å²) in [5, 5.41) is 9.97. The number of hydrogen-bond acceptors (Lipinski definition) is 1. The Morgan fingerprint density at radius 3 is 2.43 bits per heavy atom. The molecule has 0 saturated carbocycles. The smallest absolute Gasteiger partial charge is 0.311 e. The van der Waals surface area contributed by atoms with Crippen molar-refractivity contribution in [3.8, 4) is 23.0 Å². The zero-order valence-corrected chi connectivity index (χ0v) is 12.4. The molecule has 2 aromatic carbocycles. The van der Waals surface area contributed by atoms with Gasteiger partial charge in [0.15, 0.2) is 0 Å². The number of rotatable bonds is 4. The van der Waals surface area contributed by atoms with E-state index in [0.29, 0.717) is 11.4 Å². The van der Waals surface area contributed by atoms with Gasteiger partial charge in [-0.25, -0.2) is 0 Å². The molecule has 21 heavy (non-hydrogen) atoms. The predicted molar refractivity (Wildman–Crippen MR) is 85.3 cm³/mol. The molecule has 0 saturated heterocycles. The quantitative estimate of drug-likeness (QED) is 0.838. The highest BCUT2D eigenvalue weighted by Gasteiger charge is 2.18. The summed E-state index contributed by atoms with van der Waals surface area (Å²) in [6.45, 7) is 1.71. The zero-order chi connectivity index (χ0) is 15.2. The van der Waals surface area contributed by atoms with E-state index >= 15 is 0 Å². The summed E-state index contributed by atoms with van der Waals surface area (Å²) in [7, 11) is 0. The van der Waals surface area contributed by atoms with Crippen molar-refractivity contribution in [3.63, 3.8) is 0 Å². The maximum atomic E-state index is 11.3. The van der Waals surface area contributed by atoms with Gasteiger partial charge in [0.05, 0.1) is 5.92 Å². The molecule has 0 aliphatic carbocycles. The van der Waals surface area contributed by atoms with E-state index in [2.05, 4.69) is 11.8 Å². The van der Waals surface area contributed by atoms with E-state index in [0.717, 1.165) is 16.7 Å². The third-order valence-corrected chi connectivity index (χ3v) is 3.61. The third kappa shape index (κ3) is 3.65. The highest BCUT2D eigenvalue weighted by Crippen LogP contribution is 2.29. The molecule has 2 nitrogen and oxygen atoms in total. The van der Waals surface area contributed by atoms with E-state index in [4.69, 9.17) is 11.6 Å². The van der Waals surface area contributed by atoms with Crippen molar-refractivity contribution in [3.05, 3.63) is 59.1 Å². The molecule has 2 aromatic rings. The van der Waals surface area contributed by atoms with Gasteiger partial charge in [0.2, 0.25) is 0 Å². The second-order valence-electron chi connectivity index (χ2n) is 4.62. The van der Waals surface area contributed by atoms with Crippen molar-refractivity contribution in [2.24, 2.45) is 0 Å². The van der Waals surface area contributed by atoms with Crippen LogP contribution in [0.5, 0.6) is 0 Å². The third-order valence-electron chi connectivity index (χ3n) is 3.28. The Balaban J connectivity index is 2.31. The monoisotopic (exact) mass is 298 g/mol. The molecule has 2 rings (SSSR count). The Labute approximate surface area is 129 Å². The molecule has 0 heterocycles. The van der Waals surface area contributed by atoms with Gasteiger partial charge in [0.25, 0.3) is 0 Å². The molecule has 1 atom stereocenters. The van der Waals surface area contributed by atoms with E-state index in [1.54, 1.807) is 6.92 Å². The van der Waals surface area contributed by atoms with Gasteiger partial charge in [-0.15, -0.1) is 11.8 Å². The standard InChI is InChI=1S/C18H15ClO2/c1-2-3-6-16(18(20)21)14-11-9-13(10-12-14)15-7-4-5-8-17(15)19/h4-5,7-12,16H,6H2,1H3,(H,20,21). The fourth-order valence-corrected chi connectivity index (χ4v) is 2.39. The fourth-order valence-electron chi connectivity index (χ4n) is 2.14. The minimum atomic E-state index is -0.858. The molecule has 0 amide bonds. The number of aliphatic carboxylic acids is 1. The second-order valence-corrected chi connectivity index (χ2v) is 5.03. The topological polar surface area (TPSA) is 37.3 Å². The number of hydrogen-bond donors (Lipinski definition) is 1. The normalized spacial score (nSPS) is 11.3. The molecule has 0 bridgehead atoms. The van der Waals surface area contributed by atoms with Crippen molar-refractivity contribution in [1.82, 2.24) is 0 Å². The maximum Gasteiger partial charge on any atom is 0.311 e. The summed E-state index contributed by atoms with van der Waals surface area (Å²) in [5.74, 6) is 4.11. The van der Waals surface area contributed by atoms with Crippen LogP contribution in [0.2, 0.25) is 5.02 Å². The van der Waals surface area contributed by atoms with Crippen LogP contribution in [-0.2, 0) is 4.79 Å². The lowest BCUT2D eigenvalue weighted by molar-refractivity contribution is -0.138. The summed E-state index contributed by atoms with van der Waals surface area (Å²) >= 11 is 6.17. The minimum Gasteiger partial charge on any atom is -0.481 e. The maximum absolute atomic E-state index is 11.3. The molecule has 0 radical (unpaired) electrons. The van der Waals surface area contributed by atoms with Gasteiger partial charge in [-0.2, -0.15) is 0 Å². The number of carboxylic acid groups (broad SMARTS) is 1. The molecule has 0 spiro atoms. The zero-order valence-electron chi connectivity index (χ0n) is 11.6. The Morgan fingerprint density at radius 1 is 1.19 bits per heavy atom. The second kappa shape index (κ2) is 6.97. The van der Waals surface area contributed by atoms with Gasteiger partial charge in [-0.05, 0) is 24.1 Å². The molecule has 1 unspecified atom stereocenters. The van der Waals surface area contributed by atoms with E-state index in [-0.39, 0.29) is 0 Å². The lowest BCUT2D eigenvalue weighted by Crippen LogP contribution is -2.10. The Bertz CT molecular complexity index is 693. The van der Waals surface area contributed by atoms with Crippen LogP contribution in [0.4, 0.5) is 0 Å². The highest BCUT2D eigenvalue weighted by atomic mass is 35.5. The molecule has 106 valence electrons. The lowest BCUT2D eigenvalue weighted by Gasteiger charge is -2.11. The summed E-state index contributed by atoms with van der Waals surface area (Å²) in [6.07, 6.45) is 0.317. The van der Waals surface area contributed by atoms with Gasteiger partial charge in [0.1, 0.15) is 0 Å². The number of carboxylic acids is 1. The van der Waals surface area contributed by atoms with Crippen LogP contribution < -0.4 is 0 Å². The first-order valence-electron chi connectivity index (χ1n) is 6.60.